The van der Waals surface area contributed by atoms with E-state index in [0.717, 1.165) is 50.2 Å². The van der Waals surface area contributed by atoms with Crippen LogP contribution in [0.1, 0.15) is 29.2 Å². The SMILES string of the molecule is CCc1cc(Cl)cc(C)c1OCCOc1c(C)cc(Cl)cc1C. The van der Waals surface area contributed by atoms with E-state index in [4.69, 9.17) is 32.7 Å². The molecule has 0 N–H and O–H groups in total. The molecule has 0 aliphatic carbocycles. The van der Waals surface area contributed by atoms with Gasteiger partial charge in [-0.05, 0) is 73.7 Å². The van der Waals surface area contributed by atoms with Crippen molar-refractivity contribution < 1.29 is 9.47 Å². The highest BCUT2D eigenvalue weighted by molar-refractivity contribution is 6.31. The molecule has 0 heterocycles. The van der Waals surface area contributed by atoms with Crippen molar-refractivity contribution in [2.45, 2.75) is 34.1 Å². The minimum atomic E-state index is 0.481. The van der Waals surface area contributed by atoms with E-state index in [0.29, 0.717) is 13.2 Å². The highest BCUT2D eigenvalue weighted by Crippen LogP contribution is 2.29. The summed E-state index contributed by atoms with van der Waals surface area (Å²) in [6.07, 6.45) is 0.882. The van der Waals surface area contributed by atoms with Gasteiger partial charge in [-0.25, -0.2) is 0 Å². The highest BCUT2D eigenvalue weighted by Gasteiger charge is 2.09. The van der Waals surface area contributed by atoms with Crippen molar-refractivity contribution in [1.82, 2.24) is 0 Å². The molecular formula is C19H22Cl2O2. The molecule has 0 amide bonds. The van der Waals surface area contributed by atoms with Gasteiger partial charge in [-0.1, -0.05) is 30.1 Å². The van der Waals surface area contributed by atoms with Gasteiger partial charge in [0.15, 0.2) is 0 Å². The second kappa shape index (κ2) is 7.94. The summed E-state index contributed by atoms with van der Waals surface area (Å²) >= 11 is 12.1. The molecule has 0 saturated carbocycles. The van der Waals surface area contributed by atoms with Gasteiger partial charge in [-0.2, -0.15) is 0 Å². The number of hydrogen-bond donors (Lipinski definition) is 0. The lowest BCUT2D eigenvalue weighted by molar-refractivity contribution is 0.213. The fourth-order valence-corrected chi connectivity index (χ4v) is 3.30. The van der Waals surface area contributed by atoms with Crippen LogP contribution >= 0.6 is 23.2 Å². The van der Waals surface area contributed by atoms with Crippen LogP contribution in [0.2, 0.25) is 10.0 Å². The largest absolute Gasteiger partial charge is 0.489 e. The first kappa shape index (κ1) is 18.0. The molecule has 2 rings (SSSR count). The van der Waals surface area contributed by atoms with Gasteiger partial charge in [-0.15, -0.1) is 0 Å². The summed E-state index contributed by atoms with van der Waals surface area (Å²) in [6.45, 7) is 9.05. The molecule has 0 aliphatic rings. The summed E-state index contributed by atoms with van der Waals surface area (Å²) in [5.74, 6) is 1.78. The van der Waals surface area contributed by atoms with Crippen molar-refractivity contribution in [3.8, 4) is 11.5 Å². The Morgan fingerprint density at radius 1 is 0.739 bits per heavy atom. The monoisotopic (exact) mass is 352 g/mol. The van der Waals surface area contributed by atoms with Crippen molar-refractivity contribution in [3.05, 3.63) is 56.6 Å². The van der Waals surface area contributed by atoms with E-state index in [-0.39, 0.29) is 0 Å². The standard InChI is InChI=1S/C19H22Cl2O2/c1-5-15-11-17(21)10-14(4)19(15)23-7-6-22-18-12(2)8-16(20)9-13(18)3/h8-11H,5-7H2,1-4H3. The number of halogens is 2. The third kappa shape index (κ3) is 4.55. The Balaban J connectivity index is 1.99. The molecule has 0 atom stereocenters. The number of benzene rings is 2. The molecule has 4 heteroatoms. The first-order valence-corrected chi connectivity index (χ1v) is 8.49. The van der Waals surface area contributed by atoms with E-state index in [1.807, 2.05) is 45.0 Å². The summed E-state index contributed by atoms with van der Waals surface area (Å²) in [6, 6.07) is 7.69. The predicted octanol–water partition coefficient (Wildman–Crippen LogP) is 5.94. The molecule has 0 bridgehead atoms. The van der Waals surface area contributed by atoms with Crippen LogP contribution in [-0.2, 0) is 6.42 Å². The predicted molar refractivity (Wildman–Crippen MR) is 97.5 cm³/mol. The fraction of sp³-hybridized carbons (Fsp3) is 0.368. The third-order valence-corrected chi connectivity index (χ3v) is 4.13. The average molecular weight is 353 g/mol. The van der Waals surface area contributed by atoms with E-state index < -0.39 is 0 Å². The second-order valence-electron chi connectivity index (χ2n) is 5.63. The molecule has 0 aliphatic heterocycles. The Morgan fingerprint density at radius 2 is 1.17 bits per heavy atom. The number of hydrogen-bond acceptors (Lipinski definition) is 2. The van der Waals surface area contributed by atoms with Gasteiger partial charge in [0, 0.05) is 10.0 Å². The minimum absolute atomic E-state index is 0.481. The van der Waals surface area contributed by atoms with Crippen LogP contribution in [0.3, 0.4) is 0 Å². The zero-order valence-electron chi connectivity index (χ0n) is 14.0. The Kier molecular flexibility index (Phi) is 6.20. The third-order valence-electron chi connectivity index (χ3n) is 3.70. The van der Waals surface area contributed by atoms with Crippen molar-refractivity contribution >= 4 is 23.2 Å². The molecular weight excluding hydrogens is 331 g/mol. The van der Waals surface area contributed by atoms with Crippen LogP contribution in [0.4, 0.5) is 0 Å². The smallest absolute Gasteiger partial charge is 0.125 e. The molecule has 0 fully saturated rings. The lowest BCUT2D eigenvalue weighted by Gasteiger charge is -2.16. The maximum Gasteiger partial charge on any atom is 0.125 e. The minimum Gasteiger partial charge on any atom is -0.489 e. The first-order chi connectivity index (χ1) is 10.9. The maximum absolute atomic E-state index is 6.10. The van der Waals surface area contributed by atoms with Gasteiger partial charge in [0.2, 0.25) is 0 Å². The van der Waals surface area contributed by atoms with Gasteiger partial charge in [0.05, 0.1) is 0 Å². The molecule has 0 unspecified atom stereocenters. The molecule has 124 valence electrons. The zero-order chi connectivity index (χ0) is 17.0. The molecule has 0 spiro atoms. The summed E-state index contributed by atoms with van der Waals surface area (Å²) in [7, 11) is 0. The topological polar surface area (TPSA) is 18.5 Å². The molecule has 23 heavy (non-hydrogen) atoms. The molecule has 2 aromatic carbocycles. The second-order valence-corrected chi connectivity index (χ2v) is 6.50. The quantitative estimate of drug-likeness (QED) is 0.599. The van der Waals surface area contributed by atoms with Crippen molar-refractivity contribution in [2.75, 3.05) is 13.2 Å². The van der Waals surface area contributed by atoms with Crippen LogP contribution in [0, 0.1) is 20.8 Å². The fourth-order valence-electron chi connectivity index (χ4n) is 2.68. The van der Waals surface area contributed by atoms with E-state index in [1.165, 1.54) is 0 Å². The first-order valence-electron chi connectivity index (χ1n) is 7.73. The summed E-state index contributed by atoms with van der Waals surface area (Å²) in [4.78, 5) is 0. The number of rotatable bonds is 6. The zero-order valence-corrected chi connectivity index (χ0v) is 15.5. The van der Waals surface area contributed by atoms with Gasteiger partial charge < -0.3 is 9.47 Å². The van der Waals surface area contributed by atoms with Crippen LogP contribution in [0.15, 0.2) is 24.3 Å². The van der Waals surface area contributed by atoms with Gasteiger partial charge in [0.1, 0.15) is 24.7 Å². The molecule has 0 saturated heterocycles. The van der Waals surface area contributed by atoms with Gasteiger partial charge in [-0.3, -0.25) is 0 Å². The Morgan fingerprint density at radius 3 is 1.70 bits per heavy atom. The summed E-state index contributed by atoms with van der Waals surface area (Å²) < 4.78 is 11.8. The molecule has 0 aromatic heterocycles. The van der Waals surface area contributed by atoms with E-state index in [9.17, 15) is 0 Å². The van der Waals surface area contributed by atoms with Crippen molar-refractivity contribution in [3.63, 3.8) is 0 Å². The van der Waals surface area contributed by atoms with Gasteiger partial charge in [0.25, 0.3) is 0 Å². The summed E-state index contributed by atoms with van der Waals surface area (Å²) in [5, 5.41) is 1.48. The Hall–Kier alpha value is -1.38. The normalized spacial score (nSPS) is 10.7. The van der Waals surface area contributed by atoms with Crippen LogP contribution in [-0.4, -0.2) is 13.2 Å². The van der Waals surface area contributed by atoms with Crippen LogP contribution in [0.5, 0.6) is 11.5 Å². The Labute approximate surface area is 148 Å². The van der Waals surface area contributed by atoms with Crippen LogP contribution < -0.4 is 9.47 Å². The molecule has 2 nitrogen and oxygen atoms in total. The lowest BCUT2D eigenvalue weighted by atomic mass is 10.1. The maximum atomic E-state index is 6.10. The van der Waals surface area contributed by atoms with E-state index in [1.54, 1.807) is 0 Å². The Bertz CT molecular complexity index is 673. The van der Waals surface area contributed by atoms with Crippen molar-refractivity contribution in [2.24, 2.45) is 0 Å². The van der Waals surface area contributed by atoms with Crippen molar-refractivity contribution in [1.29, 1.82) is 0 Å². The average Bonchev–Trinajstić information content (AvgIpc) is 2.46. The number of aryl methyl sites for hydroxylation is 4. The van der Waals surface area contributed by atoms with E-state index in [2.05, 4.69) is 6.92 Å². The van der Waals surface area contributed by atoms with E-state index >= 15 is 0 Å². The van der Waals surface area contributed by atoms with Crippen LogP contribution in [0.25, 0.3) is 0 Å². The lowest BCUT2D eigenvalue weighted by Crippen LogP contribution is -2.12. The molecule has 0 radical (unpaired) electrons. The van der Waals surface area contributed by atoms with Gasteiger partial charge >= 0.3 is 0 Å². The summed E-state index contributed by atoms with van der Waals surface area (Å²) in [5.41, 5.74) is 4.24. The number of ether oxygens (including phenoxy) is 2. The highest BCUT2D eigenvalue weighted by atomic mass is 35.5. The molecule has 2 aromatic rings.